The fourth-order valence-electron chi connectivity index (χ4n) is 5.14. The average Bonchev–Trinajstić information content (AvgIpc) is 3.59. The van der Waals surface area contributed by atoms with Crippen molar-refractivity contribution in [1.82, 2.24) is 24.8 Å². The molecule has 0 bridgehead atoms. The SMILES string of the molecule is CC(C)N1CCC(NC(=O)c2ccc(C(=O)N3CCCOCC3)n2Cc2nocc2-c2ccc(Cl)s2)CC1. The third-order valence-corrected chi connectivity index (χ3v) is 8.59. The summed E-state index contributed by atoms with van der Waals surface area (Å²) in [6, 6.07) is 7.82. The van der Waals surface area contributed by atoms with Crippen molar-refractivity contribution < 1.29 is 18.8 Å². The van der Waals surface area contributed by atoms with Gasteiger partial charge in [0.1, 0.15) is 23.3 Å². The van der Waals surface area contributed by atoms with Crippen LogP contribution in [0.25, 0.3) is 10.4 Å². The highest BCUT2D eigenvalue weighted by atomic mass is 35.5. The van der Waals surface area contributed by atoms with Gasteiger partial charge >= 0.3 is 0 Å². The van der Waals surface area contributed by atoms with Crippen molar-refractivity contribution in [2.45, 2.75) is 51.7 Å². The van der Waals surface area contributed by atoms with E-state index in [1.54, 1.807) is 27.9 Å². The van der Waals surface area contributed by atoms with Gasteiger partial charge in [0.15, 0.2) is 0 Å². The van der Waals surface area contributed by atoms with Crippen LogP contribution in [0.2, 0.25) is 4.34 Å². The Morgan fingerprint density at radius 2 is 1.89 bits per heavy atom. The number of carbonyl (C=O) groups is 2. The fourth-order valence-corrected chi connectivity index (χ4v) is 6.21. The van der Waals surface area contributed by atoms with E-state index >= 15 is 0 Å². The van der Waals surface area contributed by atoms with Gasteiger partial charge in [-0.15, -0.1) is 11.3 Å². The molecule has 38 heavy (non-hydrogen) atoms. The quantitative estimate of drug-likeness (QED) is 0.462. The minimum Gasteiger partial charge on any atom is -0.380 e. The molecule has 2 saturated heterocycles. The highest BCUT2D eigenvalue weighted by Crippen LogP contribution is 2.33. The molecule has 0 atom stereocenters. The first-order valence-corrected chi connectivity index (χ1v) is 14.4. The smallest absolute Gasteiger partial charge is 0.270 e. The van der Waals surface area contributed by atoms with Crippen molar-refractivity contribution >= 4 is 34.8 Å². The van der Waals surface area contributed by atoms with Gasteiger partial charge in [-0.1, -0.05) is 16.8 Å². The topological polar surface area (TPSA) is 92.8 Å². The maximum Gasteiger partial charge on any atom is 0.270 e. The predicted octanol–water partition coefficient (Wildman–Crippen LogP) is 4.37. The molecule has 0 radical (unpaired) electrons. The van der Waals surface area contributed by atoms with Crippen LogP contribution in [0.1, 0.15) is 59.8 Å². The molecule has 11 heteroatoms. The van der Waals surface area contributed by atoms with E-state index in [4.69, 9.17) is 20.9 Å². The summed E-state index contributed by atoms with van der Waals surface area (Å²) in [5, 5.41) is 7.45. The molecular weight excluding hydrogens is 526 g/mol. The Bertz CT molecular complexity index is 1250. The Labute approximate surface area is 231 Å². The maximum absolute atomic E-state index is 13.6. The average molecular weight is 560 g/mol. The second-order valence-electron chi connectivity index (χ2n) is 10.1. The Morgan fingerprint density at radius 1 is 1.11 bits per heavy atom. The first-order valence-electron chi connectivity index (χ1n) is 13.2. The van der Waals surface area contributed by atoms with Crippen molar-refractivity contribution in [3.63, 3.8) is 0 Å². The van der Waals surface area contributed by atoms with E-state index in [2.05, 4.69) is 29.2 Å². The molecule has 2 aliphatic rings. The van der Waals surface area contributed by atoms with Gasteiger partial charge < -0.3 is 28.9 Å². The molecule has 9 nitrogen and oxygen atoms in total. The summed E-state index contributed by atoms with van der Waals surface area (Å²) < 4.78 is 13.3. The number of halogens is 1. The van der Waals surface area contributed by atoms with Crippen molar-refractivity contribution in [3.05, 3.63) is 51.9 Å². The van der Waals surface area contributed by atoms with E-state index < -0.39 is 0 Å². The molecule has 0 unspecified atom stereocenters. The largest absolute Gasteiger partial charge is 0.380 e. The molecule has 3 aromatic rings. The molecule has 0 aliphatic carbocycles. The Kier molecular flexibility index (Phi) is 8.52. The van der Waals surface area contributed by atoms with Crippen LogP contribution in [0.3, 0.4) is 0 Å². The molecule has 1 N–H and O–H groups in total. The van der Waals surface area contributed by atoms with Crippen LogP contribution < -0.4 is 5.32 Å². The van der Waals surface area contributed by atoms with Gasteiger partial charge in [-0.25, -0.2) is 0 Å². The molecule has 5 rings (SSSR count). The van der Waals surface area contributed by atoms with Gasteiger partial charge in [0.05, 0.1) is 23.1 Å². The highest BCUT2D eigenvalue weighted by molar-refractivity contribution is 7.19. The number of hydrogen-bond acceptors (Lipinski definition) is 7. The lowest BCUT2D eigenvalue weighted by Crippen LogP contribution is -2.47. The monoisotopic (exact) mass is 559 g/mol. The normalized spacial score (nSPS) is 17.6. The summed E-state index contributed by atoms with van der Waals surface area (Å²) in [5.41, 5.74) is 2.31. The molecular formula is C27H34ClN5O4S. The predicted molar refractivity (Wildman–Crippen MR) is 147 cm³/mol. The zero-order valence-electron chi connectivity index (χ0n) is 21.8. The van der Waals surface area contributed by atoms with E-state index in [0.717, 1.165) is 42.8 Å². The number of likely N-dealkylation sites (tertiary alicyclic amines) is 1. The molecule has 0 saturated carbocycles. The minimum absolute atomic E-state index is 0.0960. The third kappa shape index (κ3) is 5.98. The number of thiophene rings is 1. The van der Waals surface area contributed by atoms with Crippen LogP contribution in [-0.4, -0.2) is 82.8 Å². The second kappa shape index (κ2) is 12.0. The van der Waals surface area contributed by atoms with E-state index in [0.29, 0.717) is 53.8 Å². The summed E-state index contributed by atoms with van der Waals surface area (Å²) in [6.45, 7) is 8.79. The molecule has 2 amide bonds. The lowest BCUT2D eigenvalue weighted by atomic mass is 10.0. The van der Waals surface area contributed by atoms with Crippen LogP contribution in [0.15, 0.2) is 35.1 Å². The number of piperidine rings is 1. The van der Waals surface area contributed by atoms with Crippen LogP contribution in [0.5, 0.6) is 0 Å². The van der Waals surface area contributed by atoms with Crippen LogP contribution in [-0.2, 0) is 11.3 Å². The summed E-state index contributed by atoms with van der Waals surface area (Å²) >= 11 is 7.60. The Morgan fingerprint density at radius 3 is 2.63 bits per heavy atom. The van der Waals surface area contributed by atoms with E-state index in [1.807, 2.05) is 12.1 Å². The van der Waals surface area contributed by atoms with Crippen molar-refractivity contribution in [3.8, 4) is 10.4 Å². The maximum atomic E-state index is 13.6. The molecule has 0 aromatic carbocycles. The van der Waals surface area contributed by atoms with E-state index in [9.17, 15) is 9.59 Å². The Hall–Kier alpha value is -2.66. The van der Waals surface area contributed by atoms with Crippen molar-refractivity contribution in [1.29, 1.82) is 0 Å². The summed E-state index contributed by atoms with van der Waals surface area (Å²) in [4.78, 5) is 32.3. The summed E-state index contributed by atoms with van der Waals surface area (Å²) in [6.07, 6.45) is 4.16. The zero-order valence-corrected chi connectivity index (χ0v) is 23.4. The first kappa shape index (κ1) is 26.9. The number of amides is 2. The number of nitrogens with one attached hydrogen (secondary N) is 1. The summed E-state index contributed by atoms with van der Waals surface area (Å²) in [5.74, 6) is -0.306. The van der Waals surface area contributed by atoms with Gasteiger partial charge in [0, 0.05) is 49.7 Å². The van der Waals surface area contributed by atoms with Gasteiger partial charge in [0.2, 0.25) is 0 Å². The first-order chi connectivity index (χ1) is 18.4. The minimum atomic E-state index is -0.185. The van der Waals surface area contributed by atoms with Crippen LogP contribution in [0.4, 0.5) is 0 Å². The number of carbonyl (C=O) groups excluding carboxylic acids is 2. The van der Waals surface area contributed by atoms with E-state index in [-0.39, 0.29) is 24.4 Å². The summed E-state index contributed by atoms with van der Waals surface area (Å²) in [7, 11) is 0. The van der Waals surface area contributed by atoms with Crippen molar-refractivity contribution in [2.24, 2.45) is 0 Å². The number of nitrogens with zero attached hydrogens (tertiary/aromatic N) is 4. The second-order valence-corrected chi connectivity index (χ2v) is 11.8. The lowest BCUT2D eigenvalue weighted by Gasteiger charge is -2.34. The molecule has 204 valence electrons. The number of rotatable bonds is 7. The molecule has 5 heterocycles. The van der Waals surface area contributed by atoms with Gasteiger partial charge in [-0.05, 0) is 57.4 Å². The molecule has 2 fully saturated rings. The molecule has 3 aromatic heterocycles. The van der Waals surface area contributed by atoms with E-state index in [1.165, 1.54) is 11.3 Å². The fraction of sp³-hybridized carbons (Fsp3) is 0.519. The lowest BCUT2D eigenvalue weighted by molar-refractivity contribution is 0.0730. The number of aromatic nitrogens is 2. The molecule has 0 spiro atoms. The van der Waals surface area contributed by atoms with Gasteiger partial charge in [0.25, 0.3) is 11.8 Å². The van der Waals surface area contributed by atoms with Gasteiger partial charge in [-0.3, -0.25) is 9.59 Å². The molecule has 2 aliphatic heterocycles. The van der Waals surface area contributed by atoms with Crippen molar-refractivity contribution in [2.75, 3.05) is 39.4 Å². The Balaban J connectivity index is 1.42. The third-order valence-electron chi connectivity index (χ3n) is 7.33. The highest BCUT2D eigenvalue weighted by Gasteiger charge is 2.28. The van der Waals surface area contributed by atoms with Crippen LogP contribution in [0, 0.1) is 0 Å². The number of ether oxygens (including phenoxy) is 1. The zero-order chi connectivity index (χ0) is 26.6. The van der Waals surface area contributed by atoms with Crippen LogP contribution >= 0.6 is 22.9 Å². The van der Waals surface area contributed by atoms with Gasteiger partial charge in [-0.2, -0.15) is 0 Å². The number of hydrogen-bond donors (Lipinski definition) is 1. The standard InChI is InChI=1S/C27H34ClN5O4S/c1-18(2)31-11-8-19(9-12-31)29-26(34)22-4-5-23(27(35)32-10-3-14-36-15-13-32)33(22)16-21-20(17-37-30-21)24-6-7-25(28)38-24/h4-7,17-19H,3,8-16H2,1-2H3,(H,29,34).